The molecular formula is C18H17N3O6. The average Bonchev–Trinajstić information content (AvgIpc) is 2.66. The minimum absolute atomic E-state index is 0.104. The first-order valence-electron chi connectivity index (χ1n) is 7.85. The van der Waals surface area contributed by atoms with Crippen molar-refractivity contribution in [2.24, 2.45) is 21.6 Å². The predicted octanol–water partition coefficient (Wildman–Crippen LogP) is 1.03. The zero-order valence-corrected chi connectivity index (χ0v) is 14.9. The molecule has 0 spiro atoms. The third-order valence-corrected chi connectivity index (χ3v) is 3.92. The second kappa shape index (κ2) is 7.32. The molecule has 0 radical (unpaired) electrons. The number of benzene rings is 1. The molecule has 0 saturated carbocycles. The molecule has 1 amide bonds. The number of hydrogen-bond acceptors (Lipinski definition) is 8. The van der Waals surface area contributed by atoms with Gasteiger partial charge in [0.05, 0.1) is 32.6 Å². The maximum Gasteiger partial charge on any atom is 0.343 e. The van der Waals surface area contributed by atoms with Crippen molar-refractivity contribution in [1.29, 1.82) is 0 Å². The Hall–Kier alpha value is -3.62. The molecule has 9 nitrogen and oxygen atoms in total. The number of hydrogen-bond donors (Lipinski definition) is 1. The first-order valence-corrected chi connectivity index (χ1v) is 7.85. The van der Waals surface area contributed by atoms with Crippen molar-refractivity contribution in [3.8, 4) is 23.0 Å². The highest BCUT2D eigenvalue weighted by Gasteiger charge is 2.29. The van der Waals surface area contributed by atoms with Gasteiger partial charge in [-0.3, -0.25) is 4.79 Å². The van der Waals surface area contributed by atoms with Crippen molar-refractivity contribution in [3.63, 3.8) is 0 Å². The first kappa shape index (κ1) is 18.2. The second-order valence-electron chi connectivity index (χ2n) is 5.53. The van der Waals surface area contributed by atoms with E-state index in [4.69, 9.17) is 24.7 Å². The summed E-state index contributed by atoms with van der Waals surface area (Å²) in [7, 11) is 4.38. The normalized spacial score (nSPS) is 18.0. The molecule has 0 bridgehead atoms. The van der Waals surface area contributed by atoms with E-state index < -0.39 is 17.8 Å². The number of rotatable bonds is 5. The Balaban J connectivity index is 1.85. The monoisotopic (exact) mass is 371 g/mol. The van der Waals surface area contributed by atoms with Gasteiger partial charge in [-0.25, -0.2) is 9.79 Å². The Morgan fingerprint density at radius 2 is 1.70 bits per heavy atom. The van der Waals surface area contributed by atoms with E-state index in [0.717, 1.165) is 0 Å². The Kier molecular flexibility index (Phi) is 4.93. The van der Waals surface area contributed by atoms with Crippen LogP contribution < -0.4 is 24.7 Å². The molecule has 3 rings (SSSR count). The standard InChI is InChI=1S/C18H17N3O6/c1-24-13-7-10(8-14(25-2)15(13)26-3)27-17(23)9-4-5-12-11(6-9)16(22)21-18(19)20-12/h4-8,11H,1-3H3,(H2,19,21,22). The Bertz CT molecular complexity index is 904. The van der Waals surface area contributed by atoms with Crippen LogP contribution in [0.4, 0.5) is 0 Å². The number of nitrogens with zero attached hydrogens (tertiary/aromatic N) is 2. The molecule has 1 heterocycles. The Labute approximate surface area is 154 Å². The maximum atomic E-state index is 12.5. The molecule has 2 N–H and O–H groups in total. The van der Waals surface area contributed by atoms with E-state index in [1.165, 1.54) is 51.7 Å². The summed E-state index contributed by atoms with van der Waals surface area (Å²) in [4.78, 5) is 32.1. The number of carbonyl (C=O) groups is 2. The van der Waals surface area contributed by atoms with Crippen LogP contribution in [0.5, 0.6) is 23.0 Å². The molecule has 9 heteroatoms. The SMILES string of the molecule is COc1cc(OC(=O)C2=CC3C(=O)N=C(N)N=C3C=C2)cc(OC)c1OC. The summed E-state index contributed by atoms with van der Waals surface area (Å²) in [6.07, 6.45) is 4.48. The maximum absolute atomic E-state index is 12.5. The summed E-state index contributed by atoms with van der Waals surface area (Å²) >= 11 is 0. The third kappa shape index (κ3) is 3.52. The summed E-state index contributed by atoms with van der Waals surface area (Å²) in [5.41, 5.74) is 6.09. The zero-order chi connectivity index (χ0) is 19.6. The summed E-state index contributed by atoms with van der Waals surface area (Å²) in [6, 6.07) is 2.99. The van der Waals surface area contributed by atoms with Crippen molar-refractivity contribution in [3.05, 3.63) is 35.9 Å². The van der Waals surface area contributed by atoms with Gasteiger partial charge in [-0.05, 0) is 12.2 Å². The summed E-state index contributed by atoms with van der Waals surface area (Å²) in [5, 5.41) is 0. The summed E-state index contributed by atoms with van der Waals surface area (Å²) in [5.74, 6) is -0.752. The van der Waals surface area contributed by atoms with Gasteiger partial charge in [-0.1, -0.05) is 6.08 Å². The van der Waals surface area contributed by atoms with Crippen LogP contribution in [-0.2, 0) is 9.59 Å². The van der Waals surface area contributed by atoms with Crippen molar-refractivity contribution in [2.45, 2.75) is 0 Å². The predicted molar refractivity (Wildman–Crippen MR) is 96.5 cm³/mol. The van der Waals surface area contributed by atoms with E-state index in [1.54, 1.807) is 0 Å². The highest BCUT2D eigenvalue weighted by atomic mass is 16.5. The van der Waals surface area contributed by atoms with Crippen molar-refractivity contribution in [1.82, 2.24) is 0 Å². The molecule has 1 aromatic rings. The van der Waals surface area contributed by atoms with Crippen LogP contribution in [0.15, 0.2) is 45.9 Å². The van der Waals surface area contributed by atoms with Gasteiger partial charge in [-0.15, -0.1) is 0 Å². The molecule has 1 unspecified atom stereocenters. The first-order chi connectivity index (χ1) is 13.0. The number of carbonyl (C=O) groups excluding carboxylic acids is 2. The fraction of sp³-hybridized carbons (Fsp3) is 0.222. The molecule has 1 aliphatic carbocycles. The Morgan fingerprint density at radius 1 is 1.04 bits per heavy atom. The molecule has 0 saturated heterocycles. The number of guanidine groups is 1. The lowest BCUT2D eigenvalue weighted by atomic mass is 9.93. The summed E-state index contributed by atoms with van der Waals surface area (Å²) in [6.45, 7) is 0. The van der Waals surface area contributed by atoms with E-state index in [2.05, 4.69) is 9.98 Å². The average molecular weight is 371 g/mol. The van der Waals surface area contributed by atoms with E-state index in [9.17, 15) is 9.59 Å². The van der Waals surface area contributed by atoms with Crippen molar-refractivity contribution < 1.29 is 28.5 Å². The fourth-order valence-corrected chi connectivity index (χ4v) is 2.66. The van der Waals surface area contributed by atoms with Crippen LogP contribution in [0, 0.1) is 5.92 Å². The van der Waals surface area contributed by atoms with Gasteiger partial charge in [-0.2, -0.15) is 4.99 Å². The van der Waals surface area contributed by atoms with E-state index in [0.29, 0.717) is 23.0 Å². The van der Waals surface area contributed by atoms with Gasteiger partial charge in [0.15, 0.2) is 11.5 Å². The van der Waals surface area contributed by atoms with Crippen LogP contribution in [0.2, 0.25) is 0 Å². The number of ether oxygens (including phenoxy) is 4. The molecular weight excluding hydrogens is 354 g/mol. The van der Waals surface area contributed by atoms with Crippen LogP contribution in [0.1, 0.15) is 0 Å². The minimum Gasteiger partial charge on any atom is -0.493 e. The lowest BCUT2D eigenvalue weighted by Crippen LogP contribution is -2.31. The number of nitrogens with two attached hydrogens (primary N) is 1. The van der Waals surface area contributed by atoms with E-state index >= 15 is 0 Å². The van der Waals surface area contributed by atoms with Crippen LogP contribution in [0.25, 0.3) is 0 Å². The minimum atomic E-state index is -0.759. The number of methoxy groups -OCH3 is 3. The quantitative estimate of drug-likeness (QED) is 0.606. The summed E-state index contributed by atoms with van der Waals surface area (Å²) < 4.78 is 21.1. The highest BCUT2D eigenvalue weighted by Crippen LogP contribution is 2.41. The molecule has 140 valence electrons. The van der Waals surface area contributed by atoms with Crippen molar-refractivity contribution in [2.75, 3.05) is 21.3 Å². The molecule has 27 heavy (non-hydrogen) atoms. The van der Waals surface area contributed by atoms with E-state index in [1.807, 2.05) is 0 Å². The van der Waals surface area contributed by atoms with E-state index in [-0.39, 0.29) is 17.3 Å². The lowest BCUT2D eigenvalue weighted by molar-refractivity contribution is -0.129. The van der Waals surface area contributed by atoms with Crippen molar-refractivity contribution >= 4 is 23.5 Å². The van der Waals surface area contributed by atoms with Crippen LogP contribution in [0.3, 0.4) is 0 Å². The second-order valence-corrected chi connectivity index (χ2v) is 5.53. The topological polar surface area (TPSA) is 122 Å². The Morgan fingerprint density at radius 3 is 2.30 bits per heavy atom. The lowest BCUT2D eigenvalue weighted by Gasteiger charge is -2.18. The largest absolute Gasteiger partial charge is 0.493 e. The number of aliphatic imine (C=N–C) groups is 2. The molecule has 1 atom stereocenters. The van der Waals surface area contributed by atoms with Gasteiger partial charge < -0.3 is 24.7 Å². The number of allylic oxidation sites excluding steroid dienone is 1. The number of esters is 1. The molecule has 0 aromatic heterocycles. The van der Waals surface area contributed by atoms with Gasteiger partial charge in [0.25, 0.3) is 5.91 Å². The molecule has 2 aliphatic rings. The van der Waals surface area contributed by atoms with Gasteiger partial charge in [0.2, 0.25) is 11.7 Å². The third-order valence-electron chi connectivity index (χ3n) is 3.92. The smallest absolute Gasteiger partial charge is 0.343 e. The van der Waals surface area contributed by atoms with Gasteiger partial charge in [0, 0.05) is 12.1 Å². The van der Waals surface area contributed by atoms with Gasteiger partial charge >= 0.3 is 5.97 Å². The van der Waals surface area contributed by atoms with Crippen LogP contribution in [-0.4, -0.2) is 44.9 Å². The highest BCUT2D eigenvalue weighted by molar-refractivity contribution is 6.22. The zero-order valence-electron chi connectivity index (χ0n) is 14.9. The van der Waals surface area contributed by atoms with Crippen LogP contribution >= 0.6 is 0 Å². The number of amides is 1. The molecule has 0 fully saturated rings. The van der Waals surface area contributed by atoms with Gasteiger partial charge in [0.1, 0.15) is 11.7 Å². The molecule has 1 aromatic carbocycles. The fourth-order valence-electron chi connectivity index (χ4n) is 2.66. The number of fused-ring (bicyclic) bond motifs is 1. The molecule has 1 aliphatic heterocycles.